The van der Waals surface area contributed by atoms with E-state index in [1.54, 1.807) is 18.2 Å². The van der Waals surface area contributed by atoms with E-state index in [0.29, 0.717) is 11.5 Å². The van der Waals surface area contributed by atoms with Crippen molar-refractivity contribution in [3.05, 3.63) is 59.7 Å². The van der Waals surface area contributed by atoms with Crippen LogP contribution in [0.2, 0.25) is 0 Å². The van der Waals surface area contributed by atoms with Crippen LogP contribution in [0.5, 0.6) is 11.5 Å². The van der Waals surface area contributed by atoms with E-state index in [1.165, 1.54) is 5.56 Å². The van der Waals surface area contributed by atoms with Crippen molar-refractivity contribution in [2.45, 2.75) is 34.1 Å². The Labute approximate surface area is 132 Å². The highest BCUT2D eigenvalue weighted by molar-refractivity contribution is 5.74. The maximum Gasteiger partial charge on any atom is 0.313 e. The standard InChI is InChI=1S/C11H14O2.C8H10O/c1-8(2)11(12)13-10-7-5-4-6-9(10)3;1-2-7-3-5-8(9)6-4-7/h4-8H,1-3H3;3-6,9H,2H2,1H3. The third kappa shape index (κ3) is 6.00. The Morgan fingerprint density at radius 2 is 1.68 bits per heavy atom. The number of hydrogen-bond acceptors (Lipinski definition) is 3. The smallest absolute Gasteiger partial charge is 0.313 e. The van der Waals surface area contributed by atoms with E-state index in [4.69, 9.17) is 9.84 Å². The number of esters is 1. The first kappa shape index (κ1) is 17.8. The Bertz CT molecular complexity index is 586. The molecule has 2 rings (SSSR count). The van der Waals surface area contributed by atoms with Crippen molar-refractivity contribution in [3.8, 4) is 11.5 Å². The minimum absolute atomic E-state index is 0.0837. The minimum Gasteiger partial charge on any atom is -0.508 e. The van der Waals surface area contributed by atoms with E-state index in [9.17, 15) is 4.79 Å². The van der Waals surface area contributed by atoms with Crippen molar-refractivity contribution < 1.29 is 14.6 Å². The Balaban J connectivity index is 0.000000235. The van der Waals surface area contributed by atoms with Crippen LogP contribution in [0.15, 0.2) is 48.5 Å². The van der Waals surface area contributed by atoms with Gasteiger partial charge in [-0.2, -0.15) is 0 Å². The second kappa shape index (κ2) is 8.88. The molecule has 0 bridgehead atoms. The van der Waals surface area contributed by atoms with E-state index in [2.05, 4.69) is 6.92 Å². The highest BCUT2D eigenvalue weighted by atomic mass is 16.5. The molecule has 0 fully saturated rings. The molecule has 2 aromatic rings. The largest absolute Gasteiger partial charge is 0.508 e. The summed E-state index contributed by atoms with van der Waals surface area (Å²) in [7, 11) is 0. The topological polar surface area (TPSA) is 46.5 Å². The lowest BCUT2D eigenvalue weighted by atomic mass is 10.2. The molecule has 0 saturated heterocycles. The van der Waals surface area contributed by atoms with Crippen molar-refractivity contribution >= 4 is 5.97 Å². The molecular weight excluding hydrogens is 276 g/mol. The Hall–Kier alpha value is -2.29. The van der Waals surface area contributed by atoms with E-state index in [1.807, 2.05) is 51.1 Å². The van der Waals surface area contributed by atoms with Crippen LogP contribution in [0.3, 0.4) is 0 Å². The fourth-order valence-electron chi connectivity index (χ4n) is 1.63. The van der Waals surface area contributed by atoms with Gasteiger partial charge < -0.3 is 9.84 Å². The molecule has 0 aliphatic carbocycles. The first-order valence-corrected chi connectivity index (χ1v) is 7.49. The summed E-state index contributed by atoms with van der Waals surface area (Å²) in [5.74, 6) is 0.724. The molecule has 0 aromatic heterocycles. The number of phenolic OH excluding ortho intramolecular Hbond substituents is 1. The summed E-state index contributed by atoms with van der Waals surface area (Å²) >= 11 is 0. The molecular formula is C19H24O3. The van der Waals surface area contributed by atoms with E-state index >= 15 is 0 Å². The van der Waals surface area contributed by atoms with Crippen LogP contribution >= 0.6 is 0 Å². The molecule has 0 heterocycles. The zero-order valence-corrected chi connectivity index (χ0v) is 13.7. The molecule has 0 amide bonds. The third-order valence-corrected chi connectivity index (χ3v) is 3.12. The highest BCUT2D eigenvalue weighted by Gasteiger charge is 2.10. The van der Waals surface area contributed by atoms with Gasteiger partial charge in [0.05, 0.1) is 5.92 Å². The number of para-hydroxylation sites is 1. The number of ether oxygens (including phenoxy) is 1. The summed E-state index contributed by atoms with van der Waals surface area (Å²) in [6.45, 7) is 7.65. The fraction of sp³-hybridized carbons (Fsp3) is 0.316. The van der Waals surface area contributed by atoms with Crippen LogP contribution in [-0.4, -0.2) is 11.1 Å². The molecule has 118 valence electrons. The number of rotatable bonds is 3. The zero-order chi connectivity index (χ0) is 16.5. The number of phenols is 1. The predicted molar refractivity (Wildman–Crippen MR) is 89.1 cm³/mol. The lowest BCUT2D eigenvalue weighted by Gasteiger charge is -2.08. The summed E-state index contributed by atoms with van der Waals surface area (Å²) in [6.07, 6.45) is 1.03. The molecule has 0 atom stereocenters. The van der Waals surface area contributed by atoms with Gasteiger partial charge in [0, 0.05) is 0 Å². The fourth-order valence-corrected chi connectivity index (χ4v) is 1.63. The van der Waals surface area contributed by atoms with E-state index < -0.39 is 0 Å². The third-order valence-electron chi connectivity index (χ3n) is 3.12. The lowest BCUT2D eigenvalue weighted by molar-refractivity contribution is -0.137. The zero-order valence-electron chi connectivity index (χ0n) is 13.7. The molecule has 0 saturated carbocycles. The van der Waals surface area contributed by atoms with Crippen molar-refractivity contribution in [3.63, 3.8) is 0 Å². The molecule has 3 heteroatoms. The lowest BCUT2D eigenvalue weighted by Crippen LogP contribution is -2.15. The molecule has 3 nitrogen and oxygen atoms in total. The van der Waals surface area contributed by atoms with Gasteiger partial charge in [-0.05, 0) is 42.7 Å². The first-order chi connectivity index (χ1) is 10.4. The first-order valence-electron chi connectivity index (χ1n) is 7.49. The van der Waals surface area contributed by atoms with E-state index in [0.717, 1.165) is 12.0 Å². The van der Waals surface area contributed by atoms with E-state index in [-0.39, 0.29) is 11.9 Å². The SMILES string of the molecule is CCc1ccc(O)cc1.Cc1ccccc1OC(=O)C(C)C. The van der Waals surface area contributed by atoms with Crippen LogP contribution < -0.4 is 4.74 Å². The molecule has 0 spiro atoms. The average Bonchev–Trinajstić information content (AvgIpc) is 2.51. The van der Waals surface area contributed by atoms with Crippen molar-refractivity contribution in [2.75, 3.05) is 0 Å². The van der Waals surface area contributed by atoms with Crippen LogP contribution in [0, 0.1) is 12.8 Å². The Morgan fingerprint density at radius 3 is 2.18 bits per heavy atom. The van der Waals surface area contributed by atoms with Gasteiger partial charge in [-0.1, -0.05) is 51.1 Å². The second-order valence-electron chi connectivity index (χ2n) is 5.36. The molecule has 22 heavy (non-hydrogen) atoms. The molecule has 1 N–H and O–H groups in total. The minimum atomic E-state index is -0.186. The van der Waals surface area contributed by atoms with Gasteiger partial charge in [0.25, 0.3) is 0 Å². The normalized spacial score (nSPS) is 9.86. The van der Waals surface area contributed by atoms with Crippen molar-refractivity contribution in [2.24, 2.45) is 5.92 Å². The quantitative estimate of drug-likeness (QED) is 0.670. The summed E-state index contributed by atoms with van der Waals surface area (Å²) in [6, 6.07) is 14.8. The number of aryl methyl sites for hydroxylation is 2. The summed E-state index contributed by atoms with van der Waals surface area (Å²) in [4.78, 5) is 11.2. The van der Waals surface area contributed by atoms with Crippen LogP contribution in [0.25, 0.3) is 0 Å². The summed E-state index contributed by atoms with van der Waals surface area (Å²) in [5.41, 5.74) is 2.24. The molecule has 0 aliphatic rings. The van der Waals surface area contributed by atoms with Gasteiger partial charge >= 0.3 is 5.97 Å². The summed E-state index contributed by atoms with van der Waals surface area (Å²) in [5, 5.41) is 8.85. The van der Waals surface area contributed by atoms with Crippen LogP contribution in [0.4, 0.5) is 0 Å². The monoisotopic (exact) mass is 300 g/mol. The van der Waals surface area contributed by atoms with Crippen LogP contribution in [0.1, 0.15) is 31.9 Å². The second-order valence-corrected chi connectivity index (χ2v) is 5.36. The number of carbonyl (C=O) groups is 1. The van der Waals surface area contributed by atoms with Crippen molar-refractivity contribution in [1.82, 2.24) is 0 Å². The Kier molecular flexibility index (Phi) is 7.17. The molecule has 0 aliphatic heterocycles. The predicted octanol–water partition coefficient (Wildman–Crippen LogP) is 4.51. The van der Waals surface area contributed by atoms with Gasteiger partial charge in [0.1, 0.15) is 11.5 Å². The Morgan fingerprint density at radius 1 is 1.09 bits per heavy atom. The van der Waals surface area contributed by atoms with Gasteiger partial charge in [-0.3, -0.25) is 4.79 Å². The molecule has 2 aromatic carbocycles. The van der Waals surface area contributed by atoms with Crippen LogP contribution in [-0.2, 0) is 11.2 Å². The number of aromatic hydroxyl groups is 1. The number of carbonyl (C=O) groups excluding carboxylic acids is 1. The van der Waals surface area contributed by atoms with Gasteiger partial charge in [0.2, 0.25) is 0 Å². The van der Waals surface area contributed by atoms with Gasteiger partial charge in [-0.25, -0.2) is 0 Å². The van der Waals surface area contributed by atoms with Crippen molar-refractivity contribution in [1.29, 1.82) is 0 Å². The average molecular weight is 300 g/mol. The molecule has 0 unspecified atom stereocenters. The highest BCUT2D eigenvalue weighted by Crippen LogP contribution is 2.17. The maximum atomic E-state index is 11.2. The molecule has 0 radical (unpaired) electrons. The number of benzene rings is 2. The maximum absolute atomic E-state index is 11.2. The number of hydrogen-bond donors (Lipinski definition) is 1. The van der Waals surface area contributed by atoms with Gasteiger partial charge in [-0.15, -0.1) is 0 Å². The van der Waals surface area contributed by atoms with Gasteiger partial charge in [0.15, 0.2) is 0 Å². The summed E-state index contributed by atoms with van der Waals surface area (Å²) < 4.78 is 5.17.